The first-order valence-corrected chi connectivity index (χ1v) is 7.66. The summed E-state index contributed by atoms with van der Waals surface area (Å²) in [4.78, 5) is 2.30. The first-order valence-electron chi connectivity index (χ1n) is 6.87. The maximum Gasteiger partial charge on any atom is 0.123 e. The molecule has 1 N–H and O–H groups in total. The molecule has 0 bridgehead atoms. The van der Waals surface area contributed by atoms with Crippen LogP contribution in [0.25, 0.3) is 0 Å². The third-order valence-electron chi connectivity index (χ3n) is 3.65. The SMILES string of the molecule is Cc1ccc(OCCCN2CCC(O)C2)c(C)c1Br. The second-order valence-electron chi connectivity index (χ2n) is 5.26. The predicted octanol–water partition coefficient (Wildman–Crippen LogP) is 2.90. The largest absolute Gasteiger partial charge is 0.493 e. The standard InChI is InChI=1S/C15H22BrNO2/c1-11-4-5-14(12(2)15(11)16)19-9-3-7-17-8-6-13(18)10-17/h4-5,13,18H,3,6-10H2,1-2H3. The highest BCUT2D eigenvalue weighted by Gasteiger charge is 2.19. The number of rotatable bonds is 5. The molecule has 1 aromatic carbocycles. The number of hydrogen-bond donors (Lipinski definition) is 1. The van der Waals surface area contributed by atoms with Gasteiger partial charge in [-0.25, -0.2) is 0 Å². The molecule has 0 amide bonds. The Morgan fingerprint density at radius 2 is 2.21 bits per heavy atom. The van der Waals surface area contributed by atoms with E-state index in [1.54, 1.807) is 0 Å². The molecule has 0 spiro atoms. The van der Waals surface area contributed by atoms with Gasteiger partial charge >= 0.3 is 0 Å². The van der Waals surface area contributed by atoms with Crippen LogP contribution in [0.15, 0.2) is 16.6 Å². The molecule has 1 unspecified atom stereocenters. The van der Waals surface area contributed by atoms with E-state index in [0.717, 1.165) is 54.9 Å². The Balaban J connectivity index is 1.75. The molecule has 0 aromatic heterocycles. The van der Waals surface area contributed by atoms with Crippen molar-refractivity contribution in [3.8, 4) is 5.75 Å². The molecule has 2 rings (SSSR count). The van der Waals surface area contributed by atoms with Crippen LogP contribution in [0.2, 0.25) is 0 Å². The average molecular weight is 328 g/mol. The summed E-state index contributed by atoms with van der Waals surface area (Å²) in [6, 6.07) is 4.11. The van der Waals surface area contributed by atoms with Crippen molar-refractivity contribution >= 4 is 15.9 Å². The molecule has 1 saturated heterocycles. The summed E-state index contributed by atoms with van der Waals surface area (Å²) in [6.45, 7) is 7.71. The zero-order valence-corrected chi connectivity index (χ0v) is 13.2. The zero-order valence-electron chi connectivity index (χ0n) is 11.7. The lowest BCUT2D eigenvalue weighted by atomic mass is 10.1. The Morgan fingerprint density at radius 1 is 1.42 bits per heavy atom. The summed E-state index contributed by atoms with van der Waals surface area (Å²) in [6.07, 6.45) is 1.78. The lowest BCUT2D eigenvalue weighted by Crippen LogP contribution is -2.24. The number of β-amino-alcohol motifs (C(OH)–C–C–N with tert-alkyl or cyclic N) is 1. The third-order valence-corrected chi connectivity index (χ3v) is 4.87. The van der Waals surface area contributed by atoms with Gasteiger partial charge in [-0.2, -0.15) is 0 Å². The first-order chi connectivity index (χ1) is 9.08. The van der Waals surface area contributed by atoms with Gasteiger partial charge in [-0.3, -0.25) is 0 Å². The first kappa shape index (κ1) is 14.8. The van der Waals surface area contributed by atoms with Gasteiger partial charge in [0.2, 0.25) is 0 Å². The van der Waals surface area contributed by atoms with E-state index in [2.05, 4.69) is 40.7 Å². The van der Waals surface area contributed by atoms with Crippen LogP contribution in [0.4, 0.5) is 0 Å². The summed E-state index contributed by atoms with van der Waals surface area (Å²) in [5.41, 5.74) is 2.40. The minimum absolute atomic E-state index is 0.129. The van der Waals surface area contributed by atoms with Crippen LogP contribution in [0.3, 0.4) is 0 Å². The molecule has 0 aliphatic carbocycles. The van der Waals surface area contributed by atoms with E-state index in [1.165, 1.54) is 5.56 Å². The molecule has 1 heterocycles. The van der Waals surface area contributed by atoms with Crippen molar-refractivity contribution in [3.05, 3.63) is 27.7 Å². The second-order valence-corrected chi connectivity index (χ2v) is 6.06. The highest BCUT2D eigenvalue weighted by molar-refractivity contribution is 9.10. The van der Waals surface area contributed by atoms with Crippen LogP contribution in [-0.2, 0) is 0 Å². The van der Waals surface area contributed by atoms with Crippen LogP contribution in [-0.4, -0.2) is 42.4 Å². The van der Waals surface area contributed by atoms with Crippen molar-refractivity contribution in [1.29, 1.82) is 0 Å². The third kappa shape index (κ3) is 3.94. The molecular formula is C15H22BrNO2. The lowest BCUT2D eigenvalue weighted by Gasteiger charge is -2.16. The number of likely N-dealkylation sites (tertiary alicyclic amines) is 1. The van der Waals surface area contributed by atoms with Gasteiger partial charge in [0.05, 0.1) is 12.7 Å². The smallest absolute Gasteiger partial charge is 0.123 e. The summed E-state index contributed by atoms with van der Waals surface area (Å²) in [5, 5.41) is 9.45. The van der Waals surface area contributed by atoms with E-state index < -0.39 is 0 Å². The summed E-state index contributed by atoms with van der Waals surface area (Å²) in [5.74, 6) is 0.957. The van der Waals surface area contributed by atoms with Crippen molar-refractivity contribution < 1.29 is 9.84 Å². The quantitative estimate of drug-likeness (QED) is 0.844. The van der Waals surface area contributed by atoms with Gasteiger partial charge in [0, 0.05) is 29.7 Å². The fourth-order valence-corrected chi connectivity index (χ4v) is 2.77. The normalized spacial score (nSPS) is 19.9. The van der Waals surface area contributed by atoms with Gasteiger partial charge in [0.15, 0.2) is 0 Å². The molecule has 4 heteroatoms. The second kappa shape index (κ2) is 6.73. The van der Waals surface area contributed by atoms with Gasteiger partial charge in [-0.1, -0.05) is 22.0 Å². The number of nitrogens with zero attached hydrogens (tertiary/aromatic N) is 1. The molecular weight excluding hydrogens is 306 g/mol. The van der Waals surface area contributed by atoms with Crippen LogP contribution in [0.1, 0.15) is 24.0 Å². The topological polar surface area (TPSA) is 32.7 Å². The van der Waals surface area contributed by atoms with Crippen molar-refractivity contribution in [3.63, 3.8) is 0 Å². The number of aliphatic hydroxyl groups is 1. The van der Waals surface area contributed by atoms with Crippen LogP contribution < -0.4 is 4.74 Å². The summed E-state index contributed by atoms with van der Waals surface area (Å²) in [7, 11) is 0. The molecule has 19 heavy (non-hydrogen) atoms. The Labute approximate surface area is 123 Å². The molecule has 106 valence electrons. The van der Waals surface area contributed by atoms with E-state index >= 15 is 0 Å². The van der Waals surface area contributed by atoms with Gasteiger partial charge in [0.25, 0.3) is 0 Å². The Kier molecular flexibility index (Phi) is 5.25. The molecule has 1 atom stereocenters. The van der Waals surface area contributed by atoms with Gasteiger partial charge in [0.1, 0.15) is 5.75 Å². The molecule has 3 nitrogen and oxygen atoms in total. The van der Waals surface area contributed by atoms with E-state index in [4.69, 9.17) is 4.74 Å². The van der Waals surface area contributed by atoms with Crippen LogP contribution in [0.5, 0.6) is 5.75 Å². The van der Waals surface area contributed by atoms with Gasteiger partial charge in [-0.05, 0) is 38.3 Å². The molecule has 1 aliphatic heterocycles. The number of halogens is 1. The highest BCUT2D eigenvalue weighted by Crippen LogP contribution is 2.29. The van der Waals surface area contributed by atoms with Crippen molar-refractivity contribution in [2.45, 2.75) is 32.8 Å². The number of hydrogen-bond acceptors (Lipinski definition) is 3. The molecule has 0 saturated carbocycles. The fraction of sp³-hybridized carbons (Fsp3) is 0.600. The van der Waals surface area contributed by atoms with E-state index in [9.17, 15) is 5.11 Å². The zero-order chi connectivity index (χ0) is 13.8. The molecule has 1 fully saturated rings. The summed E-state index contributed by atoms with van der Waals surface area (Å²) < 4.78 is 6.97. The van der Waals surface area contributed by atoms with E-state index in [-0.39, 0.29) is 6.10 Å². The Bertz CT molecular complexity index is 436. The minimum Gasteiger partial charge on any atom is -0.493 e. The lowest BCUT2D eigenvalue weighted by molar-refractivity contribution is 0.173. The maximum atomic E-state index is 9.45. The molecule has 1 aliphatic rings. The van der Waals surface area contributed by atoms with E-state index in [0.29, 0.717) is 0 Å². The number of aryl methyl sites for hydroxylation is 1. The Hall–Kier alpha value is -0.580. The Morgan fingerprint density at radius 3 is 2.89 bits per heavy atom. The monoisotopic (exact) mass is 327 g/mol. The number of ether oxygens (including phenoxy) is 1. The van der Waals surface area contributed by atoms with Crippen LogP contribution in [0, 0.1) is 13.8 Å². The van der Waals surface area contributed by atoms with Crippen molar-refractivity contribution in [2.24, 2.45) is 0 Å². The molecule has 0 radical (unpaired) electrons. The fourth-order valence-electron chi connectivity index (χ4n) is 2.44. The number of aliphatic hydroxyl groups excluding tert-OH is 1. The van der Waals surface area contributed by atoms with Gasteiger partial charge < -0.3 is 14.7 Å². The van der Waals surface area contributed by atoms with Gasteiger partial charge in [-0.15, -0.1) is 0 Å². The van der Waals surface area contributed by atoms with Crippen molar-refractivity contribution in [2.75, 3.05) is 26.2 Å². The maximum absolute atomic E-state index is 9.45. The number of benzene rings is 1. The average Bonchev–Trinajstić information content (AvgIpc) is 2.80. The minimum atomic E-state index is -0.129. The highest BCUT2D eigenvalue weighted by atomic mass is 79.9. The predicted molar refractivity (Wildman–Crippen MR) is 80.8 cm³/mol. The van der Waals surface area contributed by atoms with E-state index in [1.807, 2.05) is 6.07 Å². The molecule has 1 aromatic rings. The van der Waals surface area contributed by atoms with Crippen LogP contribution >= 0.6 is 15.9 Å². The van der Waals surface area contributed by atoms with Crippen molar-refractivity contribution in [1.82, 2.24) is 4.90 Å². The summed E-state index contributed by atoms with van der Waals surface area (Å²) >= 11 is 3.58.